The van der Waals surface area contributed by atoms with Crippen LogP contribution in [-0.4, -0.2) is 18.2 Å². The molecule has 4 nitrogen and oxygen atoms in total. The van der Waals surface area contributed by atoms with E-state index in [1.54, 1.807) is 18.2 Å². The Kier molecular flexibility index (Phi) is 3.19. The van der Waals surface area contributed by atoms with Gasteiger partial charge in [-0.2, -0.15) is 5.10 Å². The smallest absolute Gasteiger partial charge is 0.221 e. The number of aromatic nitrogens is 2. The molecule has 1 fully saturated rings. The number of hydrogen-bond donors (Lipinski definition) is 0. The first-order valence-electron chi connectivity index (χ1n) is 5.76. The van der Waals surface area contributed by atoms with Gasteiger partial charge in [0.15, 0.2) is 5.03 Å². The summed E-state index contributed by atoms with van der Waals surface area (Å²) < 4.78 is 25.6. The summed E-state index contributed by atoms with van der Waals surface area (Å²) in [5.41, 5.74) is 1.47. The Labute approximate surface area is 123 Å². The molecule has 1 aliphatic rings. The highest BCUT2D eigenvalue weighted by Crippen LogP contribution is 2.40. The Morgan fingerprint density at radius 2 is 1.89 bits per heavy atom. The quantitative estimate of drug-likeness (QED) is 0.787. The van der Waals surface area contributed by atoms with Crippen molar-refractivity contribution in [2.24, 2.45) is 0 Å². The number of rotatable bonds is 3. The molecule has 0 atom stereocenters. The predicted molar refractivity (Wildman–Crippen MR) is 76.3 cm³/mol. The maximum Gasteiger partial charge on any atom is 0.278 e. The molecule has 0 spiro atoms. The average molecular weight is 362 g/mol. The first-order chi connectivity index (χ1) is 8.95. The van der Waals surface area contributed by atoms with Crippen molar-refractivity contribution >= 4 is 35.7 Å². The van der Waals surface area contributed by atoms with E-state index >= 15 is 0 Å². The van der Waals surface area contributed by atoms with Gasteiger partial charge in [0.1, 0.15) is 0 Å². The molecule has 100 valence electrons. The standard InChI is InChI=1S/C12H10BrClN2O2S/c13-9-3-5-10(6-4-9)16-12(19(14,17)18)7-11(15-16)8-1-2-8/h3-8H,1-2H2. The summed E-state index contributed by atoms with van der Waals surface area (Å²) in [5.74, 6) is 0.369. The van der Waals surface area contributed by atoms with Gasteiger partial charge in [0.05, 0.1) is 11.4 Å². The minimum absolute atomic E-state index is 0.0263. The van der Waals surface area contributed by atoms with Crippen LogP contribution in [0.15, 0.2) is 39.8 Å². The molecular weight excluding hydrogens is 352 g/mol. The van der Waals surface area contributed by atoms with Crippen LogP contribution in [0, 0.1) is 0 Å². The van der Waals surface area contributed by atoms with Crippen LogP contribution in [-0.2, 0) is 9.05 Å². The Hall–Kier alpha value is -0.850. The van der Waals surface area contributed by atoms with Crippen molar-refractivity contribution < 1.29 is 8.42 Å². The summed E-state index contributed by atoms with van der Waals surface area (Å²) in [6.45, 7) is 0. The SMILES string of the molecule is O=S(=O)(Cl)c1cc(C2CC2)nn1-c1ccc(Br)cc1. The van der Waals surface area contributed by atoms with E-state index in [-0.39, 0.29) is 5.03 Å². The second-order valence-corrected chi connectivity index (χ2v) is 7.94. The van der Waals surface area contributed by atoms with E-state index in [1.807, 2.05) is 12.1 Å². The van der Waals surface area contributed by atoms with Crippen LogP contribution < -0.4 is 0 Å². The number of hydrogen-bond acceptors (Lipinski definition) is 3. The van der Waals surface area contributed by atoms with Crippen molar-refractivity contribution in [3.05, 3.63) is 40.5 Å². The van der Waals surface area contributed by atoms with Crippen LogP contribution in [0.1, 0.15) is 24.5 Å². The van der Waals surface area contributed by atoms with Crippen molar-refractivity contribution in [2.75, 3.05) is 0 Å². The third kappa shape index (κ3) is 2.70. The topological polar surface area (TPSA) is 52.0 Å². The van der Waals surface area contributed by atoms with Crippen molar-refractivity contribution in [1.82, 2.24) is 9.78 Å². The fourth-order valence-electron chi connectivity index (χ4n) is 1.90. The molecule has 7 heteroatoms. The Morgan fingerprint density at radius 3 is 2.42 bits per heavy atom. The number of halogens is 2. The van der Waals surface area contributed by atoms with Gasteiger partial charge >= 0.3 is 0 Å². The third-order valence-corrected chi connectivity index (χ3v) is 4.81. The molecule has 0 amide bonds. The van der Waals surface area contributed by atoms with Gasteiger partial charge in [-0.3, -0.25) is 0 Å². The van der Waals surface area contributed by atoms with Crippen molar-refractivity contribution in [3.8, 4) is 5.69 Å². The molecule has 1 aliphatic carbocycles. The molecule has 1 aromatic carbocycles. The molecule has 1 heterocycles. The van der Waals surface area contributed by atoms with E-state index < -0.39 is 9.05 Å². The lowest BCUT2D eigenvalue weighted by molar-refractivity contribution is 0.599. The molecule has 3 rings (SSSR count). The van der Waals surface area contributed by atoms with Crippen LogP contribution in [0.3, 0.4) is 0 Å². The van der Waals surface area contributed by atoms with Gasteiger partial charge in [-0.25, -0.2) is 13.1 Å². The Balaban J connectivity index is 2.15. The highest BCUT2D eigenvalue weighted by molar-refractivity contribution is 9.10. The number of benzene rings is 1. The summed E-state index contributed by atoms with van der Waals surface area (Å²) in [6.07, 6.45) is 2.11. The van der Waals surface area contributed by atoms with Crippen LogP contribution in [0.25, 0.3) is 5.69 Å². The van der Waals surface area contributed by atoms with Crippen LogP contribution in [0.4, 0.5) is 0 Å². The van der Waals surface area contributed by atoms with E-state index in [9.17, 15) is 8.42 Å². The minimum Gasteiger partial charge on any atom is -0.221 e. The zero-order valence-corrected chi connectivity index (χ0v) is 12.9. The van der Waals surface area contributed by atoms with E-state index in [0.29, 0.717) is 11.6 Å². The highest BCUT2D eigenvalue weighted by atomic mass is 79.9. The van der Waals surface area contributed by atoms with Gasteiger partial charge in [0.25, 0.3) is 9.05 Å². The lowest BCUT2D eigenvalue weighted by Gasteiger charge is -2.04. The molecule has 1 aromatic heterocycles. The summed E-state index contributed by atoms with van der Waals surface area (Å²) in [5, 5.41) is 4.40. The summed E-state index contributed by atoms with van der Waals surface area (Å²) in [7, 11) is 1.67. The van der Waals surface area contributed by atoms with E-state index in [1.165, 1.54) is 4.68 Å². The molecule has 0 bridgehead atoms. The van der Waals surface area contributed by atoms with Gasteiger partial charge in [-0.1, -0.05) is 15.9 Å². The fraction of sp³-hybridized carbons (Fsp3) is 0.250. The van der Waals surface area contributed by atoms with Gasteiger partial charge in [0.2, 0.25) is 0 Å². The molecule has 0 saturated heterocycles. The van der Waals surface area contributed by atoms with Crippen molar-refractivity contribution in [3.63, 3.8) is 0 Å². The second kappa shape index (κ2) is 4.61. The van der Waals surface area contributed by atoms with Crippen LogP contribution >= 0.6 is 26.6 Å². The Bertz CT molecular complexity index is 721. The van der Waals surface area contributed by atoms with Crippen LogP contribution in [0.5, 0.6) is 0 Å². The maximum atomic E-state index is 11.6. The van der Waals surface area contributed by atoms with Gasteiger partial charge in [0, 0.05) is 27.1 Å². The molecule has 2 aromatic rings. The van der Waals surface area contributed by atoms with E-state index in [0.717, 1.165) is 23.0 Å². The zero-order chi connectivity index (χ0) is 13.6. The zero-order valence-electron chi connectivity index (χ0n) is 9.75. The third-order valence-electron chi connectivity index (χ3n) is 3.01. The molecule has 0 N–H and O–H groups in total. The van der Waals surface area contributed by atoms with Crippen molar-refractivity contribution in [1.29, 1.82) is 0 Å². The van der Waals surface area contributed by atoms with Gasteiger partial charge in [-0.05, 0) is 37.1 Å². The van der Waals surface area contributed by atoms with E-state index in [4.69, 9.17) is 10.7 Å². The van der Waals surface area contributed by atoms with E-state index in [2.05, 4.69) is 21.0 Å². The normalized spacial score (nSPS) is 15.7. The first kappa shape index (κ1) is 13.1. The summed E-state index contributed by atoms with van der Waals surface area (Å²) >= 11 is 3.34. The largest absolute Gasteiger partial charge is 0.278 e. The van der Waals surface area contributed by atoms with Crippen LogP contribution in [0.2, 0.25) is 0 Å². The summed E-state index contributed by atoms with van der Waals surface area (Å²) in [6, 6.07) is 8.82. The maximum absolute atomic E-state index is 11.6. The highest BCUT2D eigenvalue weighted by Gasteiger charge is 2.30. The van der Waals surface area contributed by atoms with Gasteiger partial charge < -0.3 is 0 Å². The molecule has 1 saturated carbocycles. The summed E-state index contributed by atoms with van der Waals surface area (Å²) in [4.78, 5) is 0. The molecule has 0 radical (unpaired) electrons. The monoisotopic (exact) mass is 360 g/mol. The predicted octanol–water partition coefficient (Wildman–Crippen LogP) is 3.44. The lowest BCUT2D eigenvalue weighted by Crippen LogP contribution is -2.04. The van der Waals surface area contributed by atoms with Gasteiger partial charge in [-0.15, -0.1) is 0 Å². The molecule has 19 heavy (non-hydrogen) atoms. The fourth-order valence-corrected chi connectivity index (χ4v) is 3.11. The Morgan fingerprint density at radius 1 is 1.26 bits per heavy atom. The average Bonchev–Trinajstić information content (AvgIpc) is 3.08. The second-order valence-electron chi connectivity index (χ2n) is 4.51. The van der Waals surface area contributed by atoms with Crippen molar-refractivity contribution in [2.45, 2.75) is 23.8 Å². The number of nitrogens with zero attached hydrogens (tertiary/aromatic N) is 2. The molecule has 0 unspecified atom stereocenters. The minimum atomic E-state index is -3.82. The lowest BCUT2D eigenvalue weighted by atomic mass is 10.3. The molecular formula is C12H10BrClN2O2S. The molecule has 0 aliphatic heterocycles. The first-order valence-corrected chi connectivity index (χ1v) is 8.86.